The standard InChI is InChI=1S/C25H21ClN4O3S/c1-32-20-11-3-16(4-12-20)23-24(17-5-13-21(33-2)14-6-17)29-30-25(28-23)34-15-22(31)27-19-9-7-18(26)8-10-19/h3-14H,15H2,1-2H3,(H,27,31). The van der Waals surface area contributed by atoms with Crippen LogP contribution >= 0.6 is 23.4 Å². The second-order valence-corrected chi connectivity index (χ2v) is 8.47. The molecule has 0 fully saturated rings. The number of nitrogens with one attached hydrogen (secondary N) is 1. The average molecular weight is 493 g/mol. The van der Waals surface area contributed by atoms with Crippen LogP contribution in [-0.2, 0) is 4.79 Å². The van der Waals surface area contributed by atoms with Crippen LogP contribution in [0.1, 0.15) is 0 Å². The minimum absolute atomic E-state index is 0.133. The zero-order valence-electron chi connectivity index (χ0n) is 18.5. The molecule has 0 aliphatic carbocycles. The van der Waals surface area contributed by atoms with E-state index in [1.807, 2.05) is 48.5 Å². The lowest BCUT2D eigenvalue weighted by atomic mass is 10.0. The van der Waals surface area contributed by atoms with Gasteiger partial charge in [0.15, 0.2) is 0 Å². The Morgan fingerprint density at radius 3 is 1.94 bits per heavy atom. The molecule has 0 unspecified atom stereocenters. The predicted octanol–water partition coefficient (Wildman–Crippen LogP) is 5.61. The summed E-state index contributed by atoms with van der Waals surface area (Å²) in [4.78, 5) is 17.1. The van der Waals surface area contributed by atoms with Gasteiger partial charge in [0.1, 0.15) is 22.9 Å². The highest BCUT2D eigenvalue weighted by Gasteiger charge is 2.15. The monoisotopic (exact) mass is 492 g/mol. The maximum Gasteiger partial charge on any atom is 0.234 e. The van der Waals surface area contributed by atoms with Crippen molar-refractivity contribution in [2.24, 2.45) is 0 Å². The van der Waals surface area contributed by atoms with E-state index in [-0.39, 0.29) is 11.7 Å². The third kappa shape index (κ3) is 5.84. The topological polar surface area (TPSA) is 86.2 Å². The summed E-state index contributed by atoms with van der Waals surface area (Å²) in [6, 6.07) is 22.0. The van der Waals surface area contributed by atoms with Gasteiger partial charge in [-0.15, -0.1) is 10.2 Å². The number of carbonyl (C=O) groups excluding carboxylic acids is 1. The number of amides is 1. The maximum absolute atomic E-state index is 12.4. The first-order valence-corrected chi connectivity index (χ1v) is 11.6. The molecule has 0 aliphatic heterocycles. The molecule has 34 heavy (non-hydrogen) atoms. The zero-order chi connectivity index (χ0) is 23.9. The van der Waals surface area contributed by atoms with Crippen molar-refractivity contribution in [3.8, 4) is 34.0 Å². The fraction of sp³-hybridized carbons (Fsp3) is 0.120. The number of carbonyl (C=O) groups is 1. The van der Waals surface area contributed by atoms with E-state index in [2.05, 4.69) is 15.5 Å². The van der Waals surface area contributed by atoms with Crippen molar-refractivity contribution < 1.29 is 14.3 Å². The highest BCUT2D eigenvalue weighted by molar-refractivity contribution is 7.99. The zero-order valence-corrected chi connectivity index (χ0v) is 20.1. The summed E-state index contributed by atoms with van der Waals surface area (Å²) >= 11 is 7.10. The molecule has 4 rings (SSSR count). The van der Waals surface area contributed by atoms with Gasteiger partial charge in [-0.25, -0.2) is 4.98 Å². The quantitative estimate of drug-likeness (QED) is 0.320. The highest BCUT2D eigenvalue weighted by atomic mass is 35.5. The lowest BCUT2D eigenvalue weighted by Crippen LogP contribution is -2.14. The van der Waals surface area contributed by atoms with Crippen LogP contribution < -0.4 is 14.8 Å². The SMILES string of the molecule is COc1ccc(-c2nnc(SCC(=O)Nc3ccc(Cl)cc3)nc2-c2ccc(OC)cc2)cc1. The van der Waals surface area contributed by atoms with Crippen molar-refractivity contribution in [2.75, 3.05) is 25.3 Å². The smallest absolute Gasteiger partial charge is 0.234 e. The normalized spacial score (nSPS) is 10.6. The van der Waals surface area contributed by atoms with E-state index >= 15 is 0 Å². The van der Waals surface area contributed by atoms with E-state index in [1.165, 1.54) is 11.8 Å². The molecule has 1 aromatic heterocycles. The summed E-state index contributed by atoms with van der Waals surface area (Å²) in [7, 11) is 3.24. The fourth-order valence-electron chi connectivity index (χ4n) is 3.13. The van der Waals surface area contributed by atoms with E-state index in [1.54, 1.807) is 38.5 Å². The molecule has 7 nitrogen and oxygen atoms in total. The van der Waals surface area contributed by atoms with Gasteiger partial charge < -0.3 is 14.8 Å². The summed E-state index contributed by atoms with van der Waals surface area (Å²) in [6.45, 7) is 0. The van der Waals surface area contributed by atoms with Crippen LogP contribution in [-0.4, -0.2) is 41.1 Å². The summed E-state index contributed by atoms with van der Waals surface area (Å²) in [6.07, 6.45) is 0. The molecule has 1 amide bonds. The molecule has 172 valence electrons. The van der Waals surface area contributed by atoms with Gasteiger partial charge >= 0.3 is 0 Å². The molecule has 0 saturated carbocycles. The molecule has 9 heteroatoms. The minimum atomic E-state index is -0.179. The van der Waals surface area contributed by atoms with Crippen molar-refractivity contribution in [2.45, 2.75) is 5.16 Å². The van der Waals surface area contributed by atoms with E-state index in [0.717, 1.165) is 22.6 Å². The first kappa shape index (κ1) is 23.5. The summed E-state index contributed by atoms with van der Waals surface area (Å²) in [5, 5.41) is 12.5. The van der Waals surface area contributed by atoms with Crippen LogP contribution in [0.3, 0.4) is 0 Å². The number of ether oxygens (including phenoxy) is 2. The molecule has 0 saturated heterocycles. The van der Waals surface area contributed by atoms with Gasteiger partial charge in [-0.2, -0.15) is 0 Å². The Bertz CT molecular complexity index is 1270. The van der Waals surface area contributed by atoms with E-state index < -0.39 is 0 Å². The molecule has 0 atom stereocenters. The Morgan fingerprint density at radius 2 is 1.38 bits per heavy atom. The molecule has 0 bridgehead atoms. The predicted molar refractivity (Wildman–Crippen MR) is 135 cm³/mol. The second-order valence-electron chi connectivity index (χ2n) is 7.09. The van der Waals surface area contributed by atoms with E-state index in [4.69, 9.17) is 26.1 Å². The lowest BCUT2D eigenvalue weighted by Gasteiger charge is -2.11. The lowest BCUT2D eigenvalue weighted by molar-refractivity contribution is -0.113. The third-order valence-corrected chi connectivity index (χ3v) is 5.94. The van der Waals surface area contributed by atoms with Crippen molar-refractivity contribution in [1.29, 1.82) is 0 Å². The Balaban J connectivity index is 1.58. The van der Waals surface area contributed by atoms with Crippen molar-refractivity contribution in [1.82, 2.24) is 15.2 Å². The van der Waals surface area contributed by atoms with E-state index in [0.29, 0.717) is 27.3 Å². The molecular formula is C25H21ClN4O3S. The fourth-order valence-corrected chi connectivity index (χ4v) is 3.84. The highest BCUT2D eigenvalue weighted by Crippen LogP contribution is 2.31. The molecular weight excluding hydrogens is 472 g/mol. The Morgan fingerprint density at radius 1 is 0.824 bits per heavy atom. The molecule has 1 N–H and O–H groups in total. The minimum Gasteiger partial charge on any atom is -0.497 e. The van der Waals surface area contributed by atoms with Crippen molar-refractivity contribution in [3.05, 3.63) is 77.8 Å². The summed E-state index contributed by atoms with van der Waals surface area (Å²) < 4.78 is 10.5. The van der Waals surface area contributed by atoms with Gasteiger partial charge in [0, 0.05) is 21.8 Å². The Kier molecular flexibility index (Phi) is 7.61. The van der Waals surface area contributed by atoms with Crippen molar-refractivity contribution in [3.63, 3.8) is 0 Å². The van der Waals surface area contributed by atoms with Crippen LogP contribution in [0.15, 0.2) is 78.0 Å². The van der Waals surface area contributed by atoms with Gasteiger partial charge in [-0.3, -0.25) is 4.79 Å². The number of benzene rings is 3. The molecule has 0 radical (unpaired) electrons. The summed E-state index contributed by atoms with van der Waals surface area (Å²) in [5.41, 5.74) is 3.66. The van der Waals surface area contributed by atoms with Crippen molar-refractivity contribution >= 4 is 35.0 Å². The third-order valence-electron chi connectivity index (χ3n) is 4.85. The molecule has 0 spiro atoms. The largest absolute Gasteiger partial charge is 0.497 e. The van der Waals surface area contributed by atoms with Gasteiger partial charge in [0.05, 0.1) is 20.0 Å². The molecule has 3 aromatic carbocycles. The molecule has 4 aromatic rings. The summed E-state index contributed by atoms with van der Waals surface area (Å²) in [5.74, 6) is 1.44. The van der Waals surface area contributed by atoms with Crippen LogP contribution in [0, 0.1) is 0 Å². The van der Waals surface area contributed by atoms with Crippen LogP contribution in [0.4, 0.5) is 5.69 Å². The van der Waals surface area contributed by atoms with Crippen LogP contribution in [0.2, 0.25) is 5.02 Å². The average Bonchev–Trinajstić information content (AvgIpc) is 2.89. The number of aromatic nitrogens is 3. The van der Waals surface area contributed by atoms with Gasteiger partial charge in [0.25, 0.3) is 0 Å². The number of rotatable bonds is 8. The molecule has 0 aliphatic rings. The number of halogens is 1. The number of anilines is 1. The molecule has 1 heterocycles. The first-order chi connectivity index (χ1) is 16.6. The number of nitrogens with zero attached hydrogens (tertiary/aromatic N) is 3. The maximum atomic E-state index is 12.4. The van der Waals surface area contributed by atoms with Crippen LogP contribution in [0.25, 0.3) is 22.5 Å². The number of thioether (sulfide) groups is 1. The van der Waals surface area contributed by atoms with Gasteiger partial charge in [0.2, 0.25) is 11.1 Å². The second kappa shape index (κ2) is 11.0. The first-order valence-electron chi connectivity index (χ1n) is 10.3. The Hall–Kier alpha value is -3.62. The number of hydrogen-bond donors (Lipinski definition) is 1. The van der Waals surface area contributed by atoms with Gasteiger partial charge in [-0.1, -0.05) is 23.4 Å². The van der Waals surface area contributed by atoms with Gasteiger partial charge in [-0.05, 0) is 72.8 Å². The van der Waals surface area contributed by atoms with Crippen LogP contribution in [0.5, 0.6) is 11.5 Å². The Labute approximate surface area is 206 Å². The van der Waals surface area contributed by atoms with E-state index in [9.17, 15) is 4.79 Å². The number of methoxy groups -OCH3 is 2. The number of hydrogen-bond acceptors (Lipinski definition) is 7.